The lowest BCUT2D eigenvalue weighted by atomic mass is 9.97. The third kappa shape index (κ3) is 5.25. The molecule has 0 saturated carbocycles. The summed E-state index contributed by atoms with van der Waals surface area (Å²) in [5.74, 6) is 0.292. The van der Waals surface area contributed by atoms with Gasteiger partial charge in [0.2, 0.25) is 17.6 Å². The van der Waals surface area contributed by atoms with Crippen molar-refractivity contribution in [2.45, 2.75) is 25.6 Å². The van der Waals surface area contributed by atoms with Crippen LogP contribution in [0.15, 0.2) is 40.2 Å². The van der Waals surface area contributed by atoms with Crippen LogP contribution in [0.1, 0.15) is 24.3 Å². The largest absolute Gasteiger partial charge is 0.417 e. The quantitative estimate of drug-likeness (QED) is 0.546. The van der Waals surface area contributed by atoms with Gasteiger partial charge in [0, 0.05) is 12.2 Å². The molecule has 1 unspecified atom stereocenters. The van der Waals surface area contributed by atoms with E-state index in [9.17, 15) is 18.0 Å². The first kappa shape index (κ1) is 21.8. The number of alkyl halides is 3. The molecular formula is C20H18ClF3N4O2S. The van der Waals surface area contributed by atoms with Crippen molar-refractivity contribution in [2.75, 3.05) is 18.4 Å². The highest BCUT2D eigenvalue weighted by molar-refractivity contribution is 7.13. The number of aromatic nitrogens is 2. The molecule has 0 aliphatic carbocycles. The van der Waals surface area contributed by atoms with Crippen LogP contribution in [0.4, 0.5) is 18.9 Å². The second kappa shape index (κ2) is 8.97. The fraction of sp³-hybridized carbons (Fsp3) is 0.350. The molecule has 11 heteroatoms. The fourth-order valence-corrected chi connectivity index (χ4v) is 4.37. The van der Waals surface area contributed by atoms with Crippen molar-refractivity contribution >= 4 is 34.5 Å². The molecule has 0 bridgehead atoms. The molecule has 1 saturated heterocycles. The highest BCUT2D eigenvalue weighted by Gasteiger charge is 2.34. The summed E-state index contributed by atoms with van der Waals surface area (Å²) in [6.07, 6.45) is -3.17. The van der Waals surface area contributed by atoms with Crippen LogP contribution in [0.3, 0.4) is 0 Å². The Morgan fingerprint density at radius 3 is 2.94 bits per heavy atom. The van der Waals surface area contributed by atoms with Crippen molar-refractivity contribution in [1.29, 1.82) is 0 Å². The van der Waals surface area contributed by atoms with E-state index < -0.39 is 16.8 Å². The number of likely N-dealkylation sites (tertiary alicyclic amines) is 1. The van der Waals surface area contributed by atoms with Gasteiger partial charge < -0.3 is 9.84 Å². The van der Waals surface area contributed by atoms with Crippen molar-refractivity contribution < 1.29 is 22.5 Å². The van der Waals surface area contributed by atoms with Crippen LogP contribution in [0, 0.1) is 5.92 Å². The summed E-state index contributed by atoms with van der Waals surface area (Å²) in [7, 11) is 0. The molecule has 3 aromatic rings. The Balaban J connectivity index is 1.38. The number of benzene rings is 1. The lowest BCUT2D eigenvalue weighted by Gasteiger charge is -2.30. The van der Waals surface area contributed by atoms with Crippen LogP contribution < -0.4 is 5.32 Å². The normalized spacial score (nSPS) is 17.6. The molecule has 0 spiro atoms. The molecule has 2 aromatic heterocycles. The molecule has 0 radical (unpaired) electrons. The molecule has 164 valence electrons. The first-order chi connectivity index (χ1) is 14.8. The van der Waals surface area contributed by atoms with E-state index in [1.807, 2.05) is 22.4 Å². The first-order valence-corrected chi connectivity index (χ1v) is 10.8. The van der Waals surface area contributed by atoms with Gasteiger partial charge in [-0.15, -0.1) is 11.3 Å². The number of rotatable bonds is 5. The maximum Gasteiger partial charge on any atom is 0.417 e. The van der Waals surface area contributed by atoms with Crippen LogP contribution >= 0.6 is 22.9 Å². The maximum atomic E-state index is 13.0. The average molecular weight is 471 g/mol. The summed E-state index contributed by atoms with van der Waals surface area (Å²) in [5, 5.41) is 8.09. The standard InChI is InChI=1S/C20H18ClF3N4O2S/c21-15-6-5-13(9-14(15)20(22,23)24)25-19(29)12-3-1-7-28(10-12)11-17-26-18(27-30-17)16-4-2-8-31-16/h2,4-6,8-9,12H,1,3,7,10-11H2,(H,25,29). The SMILES string of the molecule is O=C(Nc1ccc(Cl)c(C(F)(F)F)c1)C1CCCN(Cc2nc(-c3cccs3)no2)C1. The lowest BCUT2D eigenvalue weighted by molar-refractivity contribution is -0.137. The Kier molecular flexibility index (Phi) is 6.31. The number of amides is 1. The molecule has 1 N–H and O–H groups in total. The third-order valence-corrected chi connectivity index (χ3v) is 6.18. The van der Waals surface area contributed by atoms with E-state index in [-0.39, 0.29) is 17.5 Å². The van der Waals surface area contributed by atoms with Crippen molar-refractivity contribution in [3.8, 4) is 10.7 Å². The minimum absolute atomic E-state index is 0.0661. The Bertz CT molecular complexity index is 1060. The van der Waals surface area contributed by atoms with Gasteiger partial charge in [0.1, 0.15) is 0 Å². The average Bonchev–Trinajstić information content (AvgIpc) is 3.40. The number of thiophene rings is 1. The zero-order valence-electron chi connectivity index (χ0n) is 16.2. The number of carbonyl (C=O) groups is 1. The second-order valence-electron chi connectivity index (χ2n) is 7.24. The highest BCUT2D eigenvalue weighted by atomic mass is 35.5. The van der Waals surface area contributed by atoms with Gasteiger partial charge in [-0.3, -0.25) is 9.69 Å². The van der Waals surface area contributed by atoms with Crippen LogP contribution in [-0.2, 0) is 17.5 Å². The molecule has 1 aromatic carbocycles. The van der Waals surface area contributed by atoms with Crippen molar-refractivity contribution in [2.24, 2.45) is 5.92 Å². The molecule has 31 heavy (non-hydrogen) atoms. The maximum absolute atomic E-state index is 13.0. The molecule has 1 atom stereocenters. The third-order valence-electron chi connectivity index (χ3n) is 4.98. The monoisotopic (exact) mass is 470 g/mol. The molecular weight excluding hydrogens is 453 g/mol. The van der Waals surface area contributed by atoms with Gasteiger partial charge in [-0.1, -0.05) is 22.8 Å². The number of piperidine rings is 1. The number of hydrogen-bond acceptors (Lipinski definition) is 6. The summed E-state index contributed by atoms with van der Waals surface area (Å²) in [4.78, 5) is 20.0. The number of hydrogen-bond donors (Lipinski definition) is 1. The summed E-state index contributed by atoms with van der Waals surface area (Å²) < 4.78 is 44.5. The van der Waals surface area contributed by atoms with Crippen LogP contribution in [-0.4, -0.2) is 34.0 Å². The minimum Gasteiger partial charge on any atom is -0.338 e. The van der Waals surface area contributed by atoms with Crippen molar-refractivity contribution in [3.63, 3.8) is 0 Å². The van der Waals surface area contributed by atoms with Gasteiger partial charge in [0.25, 0.3) is 0 Å². The number of halogens is 4. The Morgan fingerprint density at radius 2 is 2.19 bits per heavy atom. The number of nitrogens with one attached hydrogen (secondary N) is 1. The molecule has 1 aliphatic heterocycles. The number of anilines is 1. The van der Waals surface area contributed by atoms with Crippen molar-refractivity contribution in [1.82, 2.24) is 15.0 Å². The Labute approximate surface area is 185 Å². The molecule has 6 nitrogen and oxygen atoms in total. The van der Waals surface area contributed by atoms with E-state index >= 15 is 0 Å². The van der Waals surface area contributed by atoms with Crippen LogP contribution in [0.5, 0.6) is 0 Å². The van der Waals surface area contributed by atoms with Crippen LogP contribution in [0.25, 0.3) is 10.7 Å². The molecule has 3 heterocycles. The fourth-order valence-electron chi connectivity index (χ4n) is 3.49. The van der Waals surface area contributed by atoms with E-state index in [1.54, 1.807) is 0 Å². The zero-order chi connectivity index (χ0) is 22.0. The van der Waals surface area contributed by atoms with Gasteiger partial charge in [-0.25, -0.2) is 0 Å². The van der Waals surface area contributed by atoms with E-state index in [4.69, 9.17) is 16.1 Å². The summed E-state index contributed by atoms with van der Waals surface area (Å²) in [5.41, 5.74) is -0.911. The Morgan fingerprint density at radius 1 is 1.35 bits per heavy atom. The van der Waals surface area contributed by atoms with Gasteiger partial charge in [0.15, 0.2) is 0 Å². The molecule has 1 fully saturated rings. The van der Waals surface area contributed by atoms with Gasteiger partial charge in [-0.2, -0.15) is 18.2 Å². The Hall–Kier alpha value is -2.43. The molecule has 1 aliphatic rings. The van der Waals surface area contributed by atoms with E-state index in [0.29, 0.717) is 31.2 Å². The second-order valence-corrected chi connectivity index (χ2v) is 8.60. The van der Waals surface area contributed by atoms with E-state index in [2.05, 4.69) is 15.5 Å². The van der Waals surface area contributed by atoms with Gasteiger partial charge in [0.05, 0.1) is 27.9 Å². The topological polar surface area (TPSA) is 71.3 Å². The van der Waals surface area contributed by atoms with Crippen molar-refractivity contribution in [3.05, 3.63) is 52.2 Å². The predicted molar refractivity (Wildman–Crippen MR) is 111 cm³/mol. The van der Waals surface area contributed by atoms with E-state index in [0.717, 1.165) is 30.0 Å². The van der Waals surface area contributed by atoms with E-state index in [1.165, 1.54) is 17.4 Å². The lowest BCUT2D eigenvalue weighted by Crippen LogP contribution is -2.40. The highest BCUT2D eigenvalue weighted by Crippen LogP contribution is 2.36. The minimum atomic E-state index is -4.59. The number of nitrogens with zero attached hydrogens (tertiary/aromatic N) is 3. The molecule has 4 rings (SSSR count). The van der Waals surface area contributed by atoms with Crippen LogP contribution in [0.2, 0.25) is 5.02 Å². The first-order valence-electron chi connectivity index (χ1n) is 9.56. The summed E-state index contributed by atoms with van der Waals surface area (Å²) >= 11 is 7.15. The smallest absolute Gasteiger partial charge is 0.338 e. The zero-order valence-corrected chi connectivity index (χ0v) is 17.7. The summed E-state index contributed by atoms with van der Waals surface area (Å²) in [6, 6.07) is 7.16. The van der Waals surface area contributed by atoms with Gasteiger partial charge >= 0.3 is 6.18 Å². The molecule has 1 amide bonds. The number of carbonyl (C=O) groups excluding carboxylic acids is 1. The predicted octanol–water partition coefficient (Wildman–Crippen LogP) is 5.32. The summed E-state index contributed by atoms with van der Waals surface area (Å²) in [6.45, 7) is 1.61. The van der Waals surface area contributed by atoms with Gasteiger partial charge in [-0.05, 0) is 49.0 Å².